The number of benzene rings is 3. The van der Waals surface area contributed by atoms with Gasteiger partial charge in [-0.2, -0.15) is 0 Å². The maximum atomic E-state index is 12.6. The molecule has 7 nitrogen and oxygen atoms in total. The van der Waals surface area contributed by atoms with Gasteiger partial charge in [0.05, 0.1) is 19.3 Å². The van der Waals surface area contributed by atoms with Gasteiger partial charge < -0.3 is 9.16 Å². The Morgan fingerprint density at radius 3 is 2.19 bits per heavy atom. The number of anilines is 1. The molecule has 1 aliphatic heterocycles. The van der Waals surface area contributed by atoms with Crippen molar-refractivity contribution in [2.24, 2.45) is 17.8 Å². The summed E-state index contributed by atoms with van der Waals surface area (Å²) in [6.07, 6.45) is 6.38. The van der Waals surface area contributed by atoms with Crippen LogP contribution in [-0.2, 0) is 15.7 Å². The summed E-state index contributed by atoms with van der Waals surface area (Å²) in [5.41, 5.74) is 3.49. The normalized spacial score (nSPS) is 23.2. The van der Waals surface area contributed by atoms with Crippen molar-refractivity contribution in [3.63, 3.8) is 0 Å². The monoisotopic (exact) mass is 590 g/mol. The summed E-state index contributed by atoms with van der Waals surface area (Å²) < 4.78 is 14.5. The fraction of sp³-hybridized carbons (Fsp3) is 0.343. The predicted octanol–water partition coefficient (Wildman–Crippen LogP) is 5.53. The van der Waals surface area contributed by atoms with Crippen molar-refractivity contribution in [1.82, 2.24) is 15.0 Å². The number of aromatic nitrogens is 3. The van der Waals surface area contributed by atoms with Gasteiger partial charge in [0.25, 0.3) is 8.32 Å². The number of carbonyl (C=O) groups is 1. The molecule has 0 spiro atoms. The molecule has 4 aromatic rings. The van der Waals surface area contributed by atoms with Crippen molar-refractivity contribution in [3.05, 3.63) is 109 Å². The highest BCUT2D eigenvalue weighted by atomic mass is 28.4. The molecule has 7 rings (SSSR count). The molecular formula is C35H38N4O3Si. The Morgan fingerprint density at radius 2 is 1.63 bits per heavy atom. The number of hydrogen-bond acceptors (Lipinski definition) is 5. The average molecular weight is 591 g/mol. The average Bonchev–Trinajstić information content (AvgIpc) is 3.47. The lowest BCUT2D eigenvalue weighted by molar-refractivity contribution is 0.129. The Kier molecular flexibility index (Phi) is 7.06. The van der Waals surface area contributed by atoms with E-state index >= 15 is 0 Å². The van der Waals surface area contributed by atoms with E-state index in [9.17, 15) is 4.79 Å². The van der Waals surface area contributed by atoms with E-state index < -0.39 is 8.32 Å². The number of cyclic esters (lactones) is 1. The first kappa shape index (κ1) is 27.8. The van der Waals surface area contributed by atoms with E-state index in [0.29, 0.717) is 30.8 Å². The molecule has 1 saturated carbocycles. The topological polar surface area (TPSA) is 69.5 Å². The van der Waals surface area contributed by atoms with Crippen LogP contribution in [0.2, 0.25) is 5.04 Å². The van der Waals surface area contributed by atoms with Crippen LogP contribution in [0, 0.1) is 17.8 Å². The van der Waals surface area contributed by atoms with E-state index in [-0.39, 0.29) is 17.2 Å². The number of carbonyl (C=O) groups excluding carboxylic acids is 1. The van der Waals surface area contributed by atoms with Gasteiger partial charge in [-0.15, -0.1) is 5.10 Å². The van der Waals surface area contributed by atoms with Crippen LogP contribution in [-0.4, -0.2) is 48.7 Å². The second-order valence-electron chi connectivity index (χ2n) is 13.1. The highest BCUT2D eigenvalue weighted by molar-refractivity contribution is 6.99. The lowest BCUT2D eigenvalue weighted by Gasteiger charge is -2.43. The molecule has 1 amide bonds. The molecule has 1 saturated heterocycles. The fourth-order valence-electron chi connectivity index (χ4n) is 7.22. The SMILES string of the molecule is CC(C)(C)[Si](OCC1C2C=C(c3ccc(N4C[C@H](Cn5ccnn5)OC4=O)cc3)CC21)(c1ccccc1)c1ccccc1. The summed E-state index contributed by atoms with van der Waals surface area (Å²) in [4.78, 5) is 14.3. The zero-order valence-electron chi connectivity index (χ0n) is 25.0. The summed E-state index contributed by atoms with van der Waals surface area (Å²) in [5.74, 6) is 1.77. The van der Waals surface area contributed by atoms with Crippen molar-refractivity contribution in [2.75, 3.05) is 18.1 Å². The molecule has 2 heterocycles. The molecule has 2 aliphatic carbocycles. The third-order valence-electron chi connectivity index (χ3n) is 9.44. The highest BCUT2D eigenvalue weighted by Crippen LogP contribution is 2.58. The lowest BCUT2D eigenvalue weighted by Crippen LogP contribution is -2.66. The Labute approximate surface area is 254 Å². The summed E-state index contributed by atoms with van der Waals surface area (Å²) in [6.45, 7) is 8.81. The number of fused-ring (bicyclic) bond motifs is 1. The third-order valence-corrected chi connectivity index (χ3v) is 14.4. The first-order valence-electron chi connectivity index (χ1n) is 15.2. The minimum absolute atomic E-state index is 0.0133. The molecule has 3 unspecified atom stereocenters. The Bertz CT molecular complexity index is 1560. The van der Waals surface area contributed by atoms with Crippen LogP contribution in [0.1, 0.15) is 32.8 Å². The highest BCUT2D eigenvalue weighted by Gasteiger charge is 2.56. The van der Waals surface area contributed by atoms with Crippen molar-refractivity contribution >= 4 is 36.0 Å². The van der Waals surface area contributed by atoms with Gasteiger partial charge in [0.15, 0.2) is 0 Å². The summed E-state index contributed by atoms with van der Waals surface area (Å²) >= 11 is 0. The van der Waals surface area contributed by atoms with Gasteiger partial charge in [0, 0.05) is 18.5 Å². The summed E-state index contributed by atoms with van der Waals surface area (Å²) in [5, 5.41) is 10.5. The number of hydrogen-bond donors (Lipinski definition) is 0. The second-order valence-corrected chi connectivity index (χ2v) is 17.4. The quantitative estimate of drug-likeness (QED) is 0.240. The smallest absolute Gasteiger partial charge is 0.414 e. The molecule has 2 fully saturated rings. The molecule has 43 heavy (non-hydrogen) atoms. The van der Waals surface area contributed by atoms with Gasteiger partial charge in [0.1, 0.15) is 6.10 Å². The van der Waals surface area contributed by atoms with E-state index in [0.717, 1.165) is 18.7 Å². The maximum absolute atomic E-state index is 12.6. The van der Waals surface area contributed by atoms with Crippen molar-refractivity contribution in [3.8, 4) is 0 Å². The number of allylic oxidation sites excluding steroid dienone is 2. The number of rotatable bonds is 9. The standard InChI is InChI=1S/C35H38N4O3Si/c1-35(2,3)43(29-10-6-4-7-11-29,30-12-8-5-9-13-30)41-24-33-31-20-26(21-32(31)33)25-14-16-27(17-15-25)39-23-28(42-34(39)40)22-38-19-18-36-37-38/h4-20,28,31-33H,21-24H2,1-3H3/t28-,31?,32?,33?/m0/s1. The molecule has 220 valence electrons. The zero-order valence-corrected chi connectivity index (χ0v) is 26.0. The molecule has 0 bridgehead atoms. The van der Waals surface area contributed by atoms with Gasteiger partial charge >= 0.3 is 6.09 Å². The molecular weight excluding hydrogens is 552 g/mol. The number of amides is 1. The first-order valence-corrected chi connectivity index (χ1v) is 17.1. The maximum Gasteiger partial charge on any atom is 0.414 e. The van der Waals surface area contributed by atoms with Gasteiger partial charge in [-0.1, -0.05) is 105 Å². The molecule has 3 aliphatic rings. The molecule has 0 N–H and O–H groups in total. The molecule has 0 radical (unpaired) electrons. The number of nitrogens with zero attached hydrogens (tertiary/aromatic N) is 4. The first-order chi connectivity index (χ1) is 20.8. The van der Waals surface area contributed by atoms with Gasteiger partial charge in [0.2, 0.25) is 0 Å². The van der Waals surface area contributed by atoms with Crippen LogP contribution >= 0.6 is 0 Å². The summed E-state index contributed by atoms with van der Waals surface area (Å²) in [7, 11) is -2.52. The molecule has 8 heteroatoms. The fourth-order valence-corrected chi connectivity index (χ4v) is 11.8. The van der Waals surface area contributed by atoms with Crippen molar-refractivity contribution in [1.29, 1.82) is 0 Å². The number of ether oxygens (including phenoxy) is 1. The van der Waals surface area contributed by atoms with Gasteiger partial charge in [-0.05, 0) is 62.9 Å². The van der Waals surface area contributed by atoms with Crippen LogP contribution in [0.4, 0.5) is 10.5 Å². The van der Waals surface area contributed by atoms with Crippen LogP contribution in [0.5, 0.6) is 0 Å². The molecule has 4 atom stereocenters. The lowest BCUT2D eigenvalue weighted by atomic mass is 10.0. The van der Waals surface area contributed by atoms with E-state index in [2.05, 4.69) is 110 Å². The van der Waals surface area contributed by atoms with Gasteiger partial charge in [-0.25, -0.2) is 9.48 Å². The third kappa shape index (κ3) is 5.12. The van der Waals surface area contributed by atoms with Crippen LogP contribution in [0.15, 0.2) is 103 Å². The Hall–Kier alpha value is -4.01. The Balaban J connectivity index is 1.03. The minimum Gasteiger partial charge on any atom is -0.442 e. The minimum atomic E-state index is -2.52. The van der Waals surface area contributed by atoms with Crippen molar-refractivity contribution in [2.45, 2.75) is 44.9 Å². The Morgan fingerprint density at radius 1 is 0.953 bits per heavy atom. The van der Waals surface area contributed by atoms with Gasteiger partial charge in [-0.3, -0.25) is 4.90 Å². The second kappa shape index (κ2) is 10.9. The summed E-state index contributed by atoms with van der Waals surface area (Å²) in [6, 6.07) is 30.1. The molecule has 3 aromatic carbocycles. The van der Waals surface area contributed by atoms with E-state index in [1.54, 1.807) is 22.0 Å². The largest absolute Gasteiger partial charge is 0.442 e. The van der Waals surface area contributed by atoms with Crippen LogP contribution in [0.3, 0.4) is 0 Å². The molecule has 1 aromatic heterocycles. The van der Waals surface area contributed by atoms with E-state index in [1.165, 1.54) is 21.5 Å². The van der Waals surface area contributed by atoms with Crippen molar-refractivity contribution < 1.29 is 14.0 Å². The predicted molar refractivity (Wildman–Crippen MR) is 171 cm³/mol. The van der Waals surface area contributed by atoms with E-state index in [4.69, 9.17) is 9.16 Å². The van der Waals surface area contributed by atoms with Crippen LogP contribution < -0.4 is 15.3 Å². The van der Waals surface area contributed by atoms with Crippen LogP contribution in [0.25, 0.3) is 5.57 Å². The zero-order chi connectivity index (χ0) is 29.6. The van der Waals surface area contributed by atoms with E-state index in [1.807, 2.05) is 12.1 Å².